The summed E-state index contributed by atoms with van der Waals surface area (Å²) in [4.78, 5) is 2.43. The molecule has 0 bridgehead atoms. The molecule has 1 unspecified atom stereocenters. The van der Waals surface area contributed by atoms with Crippen LogP contribution in [0.4, 0.5) is 0 Å². The lowest BCUT2D eigenvalue weighted by Crippen LogP contribution is -2.38. The highest BCUT2D eigenvalue weighted by molar-refractivity contribution is 5.21. The molecule has 15 heavy (non-hydrogen) atoms. The first-order valence-electron chi connectivity index (χ1n) is 5.84. The van der Waals surface area contributed by atoms with Crippen molar-refractivity contribution in [3.8, 4) is 0 Å². The summed E-state index contributed by atoms with van der Waals surface area (Å²) in [5.41, 5.74) is 2.48. The van der Waals surface area contributed by atoms with Crippen LogP contribution in [-0.4, -0.2) is 23.1 Å². The zero-order valence-corrected chi connectivity index (χ0v) is 10.0. The Hall–Kier alpha value is -0.920. The lowest BCUT2D eigenvalue weighted by atomic mass is 9.80. The molecule has 0 aromatic rings. The van der Waals surface area contributed by atoms with Crippen molar-refractivity contribution >= 4 is 0 Å². The summed E-state index contributed by atoms with van der Waals surface area (Å²) in [6.45, 7) is 8.29. The van der Waals surface area contributed by atoms with E-state index in [2.05, 4.69) is 17.9 Å². The number of nitrogens with zero attached hydrogens (tertiary/aromatic N) is 1. The van der Waals surface area contributed by atoms with E-state index in [1.165, 1.54) is 18.5 Å². The van der Waals surface area contributed by atoms with Crippen LogP contribution in [0.3, 0.4) is 0 Å². The Bertz CT molecular complexity index is 325. The molecular weight excluding hydrogens is 186 g/mol. The SMILES string of the molecule is CC(C)=C(O)C1(C)CC=C2CCCN2C1. The molecule has 1 fully saturated rings. The molecule has 84 valence electrons. The van der Waals surface area contributed by atoms with Crippen LogP contribution in [0.2, 0.25) is 0 Å². The average Bonchev–Trinajstić information content (AvgIpc) is 2.63. The van der Waals surface area contributed by atoms with Crippen LogP contribution < -0.4 is 0 Å². The fourth-order valence-electron chi connectivity index (χ4n) is 2.77. The first kappa shape index (κ1) is 10.6. The summed E-state index contributed by atoms with van der Waals surface area (Å²) in [6.07, 6.45) is 5.80. The molecule has 0 radical (unpaired) electrons. The van der Waals surface area contributed by atoms with E-state index in [-0.39, 0.29) is 5.41 Å². The van der Waals surface area contributed by atoms with Gasteiger partial charge in [-0.05, 0) is 38.7 Å². The van der Waals surface area contributed by atoms with Crippen molar-refractivity contribution in [2.45, 2.75) is 40.0 Å². The fraction of sp³-hybridized carbons (Fsp3) is 0.692. The van der Waals surface area contributed by atoms with E-state index in [1.807, 2.05) is 13.8 Å². The van der Waals surface area contributed by atoms with Gasteiger partial charge in [0.1, 0.15) is 0 Å². The molecule has 0 aromatic carbocycles. The number of aliphatic hydroxyl groups excluding tert-OH is 1. The Labute approximate surface area is 92.3 Å². The number of aliphatic hydroxyl groups is 1. The van der Waals surface area contributed by atoms with E-state index in [0.29, 0.717) is 5.76 Å². The van der Waals surface area contributed by atoms with E-state index in [9.17, 15) is 5.11 Å². The Morgan fingerprint density at radius 3 is 2.87 bits per heavy atom. The summed E-state index contributed by atoms with van der Waals surface area (Å²) < 4.78 is 0. The van der Waals surface area contributed by atoms with Gasteiger partial charge in [-0.15, -0.1) is 0 Å². The Balaban J connectivity index is 2.24. The number of hydrogen-bond donors (Lipinski definition) is 1. The Morgan fingerprint density at radius 2 is 2.20 bits per heavy atom. The summed E-state index contributed by atoms with van der Waals surface area (Å²) in [5.74, 6) is 0.588. The van der Waals surface area contributed by atoms with Gasteiger partial charge in [0.15, 0.2) is 0 Å². The van der Waals surface area contributed by atoms with Crippen molar-refractivity contribution in [1.82, 2.24) is 4.90 Å². The molecule has 0 amide bonds. The number of rotatable bonds is 1. The lowest BCUT2D eigenvalue weighted by Gasteiger charge is -2.38. The second kappa shape index (κ2) is 3.58. The van der Waals surface area contributed by atoms with Crippen molar-refractivity contribution in [2.24, 2.45) is 5.41 Å². The normalized spacial score (nSPS) is 29.8. The third-order valence-corrected chi connectivity index (χ3v) is 3.64. The van der Waals surface area contributed by atoms with Crippen molar-refractivity contribution in [3.05, 3.63) is 23.1 Å². The zero-order chi connectivity index (χ0) is 11.1. The van der Waals surface area contributed by atoms with E-state index >= 15 is 0 Å². The molecule has 0 spiro atoms. The maximum absolute atomic E-state index is 10.2. The molecule has 1 N–H and O–H groups in total. The second-order valence-electron chi connectivity index (χ2n) is 5.33. The van der Waals surface area contributed by atoms with E-state index in [4.69, 9.17) is 0 Å². The Kier molecular flexibility index (Phi) is 2.53. The van der Waals surface area contributed by atoms with Gasteiger partial charge < -0.3 is 10.0 Å². The van der Waals surface area contributed by atoms with Crippen LogP contribution in [0.25, 0.3) is 0 Å². The van der Waals surface area contributed by atoms with Gasteiger partial charge in [-0.2, -0.15) is 0 Å². The van der Waals surface area contributed by atoms with Crippen LogP contribution in [0.15, 0.2) is 23.1 Å². The van der Waals surface area contributed by atoms with Gasteiger partial charge in [0.25, 0.3) is 0 Å². The van der Waals surface area contributed by atoms with E-state index in [0.717, 1.165) is 25.1 Å². The van der Waals surface area contributed by atoms with E-state index in [1.54, 1.807) is 0 Å². The first-order valence-corrected chi connectivity index (χ1v) is 5.84. The van der Waals surface area contributed by atoms with Gasteiger partial charge >= 0.3 is 0 Å². The summed E-state index contributed by atoms with van der Waals surface area (Å²) in [6, 6.07) is 0. The molecule has 2 aliphatic rings. The zero-order valence-electron chi connectivity index (χ0n) is 10.0. The predicted octanol–water partition coefficient (Wildman–Crippen LogP) is 3.23. The third kappa shape index (κ3) is 1.77. The average molecular weight is 207 g/mol. The van der Waals surface area contributed by atoms with Crippen molar-refractivity contribution < 1.29 is 5.11 Å². The van der Waals surface area contributed by atoms with Gasteiger partial charge in [-0.1, -0.05) is 13.0 Å². The predicted molar refractivity (Wildman–Crippen MR) is 62.6 cm³/mol. The van der Waals surface area contributed by atoms with Gasteiger partial charge in [-0.3, -0.25) is 0 Å². The standard InChI is InChI=1S/C13H21NO/c1-10(2)12(15)13(3)7-6-11-5-4-8-14(11)9-13/h6,15H,4-5,7-9H2,1-3H3. The third-order valence-electron chi connectivity index (χ3n) is 3.64. The van der Waals surface area contributed by atoms with Gasteiger partial charge in [0, 0.05) is 24.2 Å². The lowest BCUT2D eigenvalue weighted by molar-refractivity contribution is 0.164. The molecule has 2 nitrogen and oxygen atoms in total. The molecule has 2 heterocycles. The number of fused-ring (bicyclic) bond motifs is 1. The topological polar surface area (TPSA) is 23.5 Å². The quantitative estimate of drug-likeness (QED) is 0.667. The van der Waals surface area contributed by atoms with Crippen LogP contribution in [0, 0.1) is 5.41 Å². The summed E-state index contributed by atoms with van der Waals surface area (Å²) in [7, 11) is 0. The summed E-state index contributed by atoms with van der Waals surface area (Å²) in [5, 5.41) is 10.2. The van der Waals surface area contributed by atoms with Crippen LogP contribution in [0.1, 0.15) is 40.0 Å². The monoisotopic (exact) mass is 207 g/mol. The van der Waals surface area contributed by atoms with Crippen LogP contribution >= 0.6 is 0 Å². The van der Waals surface area contributed by atoms with Crippen molar-refractivity contribution in [2.75, 3.05) is 13.1 Å². The number of hydrogen-bond acceptors (Lipinski definition) is 2. The van der Waals surface area contributed by atoms with Crippen LogP contribution in [0.5, 0.6) is 0 Å². The molecule has 2 rings (SSSR count). The minimum atomic E-state index is -0.0628. The maximum atomic E-state index is 10.2. The second-order valence-corrected chi connectivity index (χ2v) is 5.33. The highest BCUT2D eigenvalue weighted by atomic mass is 16.3. The maximum Gasteiger partial charge on any atom is 0.0988 e. The van der Waals surface area contributed by atoms with E-state index < -0.39 is 0 Å². The molecule has 2 aliphatic heterocycles. The van der Waals surface area contributed by atoms with Crippen molar-refractivity contribution in [1.29, 1.82) is 0 Å². The highest BCUT2D eigenvalue weighted by Crippen LogP contribution is 2.40. The van der Waals surface area contributed by atoms with Gasteiger partial charge in [0.05, 0.1) is 5.76 Å². The molecule has 0 aliphatic carbocycles. The molecule has 1 atom stereocenters. The van der Waals surface area contributed by atoms with Crippen molar-refractivity contribution in [3.63, 3.8) is 0 Å². The molecular formula is C13H21NO. The highest BCUT2D eigenvalue weighted by Gasteiger charge is 2.36. The molecule has 2 heteroatoms. The Morgan fingerprint density at radius 1 is 1.47 bits per heavy atom. The fourth-order valence-corrected chi connectivity index (χ4v) is 2.77. The van der Waals surface area contributed by atoms with Gasteiger partial charge in [0.2, 0.25) is 0 Å². The van der Waals surface area contributed by atoms with Crippen LogP contribution in [-0.2, 0) is 0 Å². The minimum absolute atomic E-state index is 0.0628. The summed E-state index contributed by atoms with van der Waals surface area (Å²) >= 11 is 0. The largest absolute Gasteiger partial charge is 0.512 e. The smallest absolute Gasteiger partial charge is 0.0988 e. The number of allylic oxidation sites excluding steroid dienone is 3. The van der Waals surface area contributed by atoms with Gasteiger partial charge in [-0.25, -0.2) is 0 Å². The first-order chi connectivity index (χ1) is 7.03. The molecule has 0 aromatic heterocycles. The minimum Gasteiger partial charge on any atom is -0.512 e. The molecule has 0 saturated carbocycles. The molecule has 1 saturated heterocycles.